The zero-order chi connectivity index (χ0) is 16.4. The molecular weight excluding hydrogens is 302 g/mol. The second-order valence-corrected chi connectivity index (χ2v) is 6.35. The van der Waals surface area contributed by atoms with Crippen LogP contribution in [-0.2, 0) is 12.8 Å². The third-order valence-corrected chi connectivity index (χ3v) is 4.78. The van der Waals surface area contributed by atoms with Crippen LogP contribution in [0.1, 0.15) is 11.1 Å². The van der Waals surface area contributed by atoms with Crippen molar-refractivity contribution < 1.29 is 4.79 Å². The van der Waals surface area contributed by atoms with Gasteiger partial charge >= 0.3 is 6.03 Å². The van der Waals surface area contributed by atoms with Crippen LogP contribution in [0.15, 0.2) is 42.7 Å². The molecule has 1 aromatic heterocycles. The fourth-order valence-corrected chi connectivity index (χ4v) is 3.49. The first-order valence-electron chi connectivity index (χ1n) is 8.44. The first kappa shape index (κ1) is 14.9. The molecule has 0 atom stereocenters. The average molecular weight is 323 g/mol. The summed E-state index contributed by atoms with van der Waals surface area (Å²) in [4.78, 5) is 25.1. The van der Waals surface area contributed by atoms with Crippen molar-refractivity contribution in [3.05, 3.63) is 53.9 Å². The SMILES string of the molecule is O=C(NC1Cc2ccccc2C1)N1CCN(c2ncccn2)CC1. The molecule has 2 amide bonds. The van der Waals surface area contributed by atoms with E-state index >= 15 is 0 Å². The molecular formula is C18H21N5O. The molecule has 1 aromatic carbocycles. The minimum atomic E-state index is 0.0430. The van der Waals surface area contributed by atoms with Crippen molar-refractivity contribution in [2.75, 3.05) is 31.1 Å². The predicted octanol–water partition coefficient (Wildman–Crippen LogP) is 1.48. The fourth-order valence-electron chi connectivity index (χ4n) is 3.49. The van der Waals surface area contributed by atoms with Gasteiger partial charge in [0.05, 0.1) is 0 Å². The van der Waals surface area contributed by atoms with E-state index < -0.39 is 0 Å². The fraction of sp³-hybridized carbons (Fsp3) is 0.389. The van der Waals surface area contributed by atoms with Crippen molar-refractivity contribution in [1.82, 2.24) is 20.2 Å². The second kappa shape index (κ2) is 6.47. The number of benzene rings is 1. The number of amides is 2. The largest absolute Gasteiger partial charge is 0.337 e. The monoisotopic (exact) mass is 323 g/mol. The molecule has 1 aliphatic carbocycles. The average Bonchev–Trinajstić information content (AvgIpc) is 3.05. The lowest BCUT2D eigenvalue weighted by atomic mass is 10.1. The standard InChI is InChI=1S/C18H21N5O/c24-18(21-16-12-14-4-1-2-5-15(14)13-16)23-10-8-22(9-11-23)17-19-6-3-7-20-17/h1-7,16H,8-13H2,(H,21,24). The van der Waals surface area contributed by atoms with Crippen molar-refractivity contribution in [1.29, 1.82) is 0 Å². The van der Waals surface area contributed by atoms with Crippen LogP contribution >= 0.6 is 0 Å². The van der Waals surface area contributed by atoms with Gasteiger partial charge in [-0.25, -0.2) is 14.8 Å². The molecule has 6 heteroatoms. The van der Waals surface area contributed by atoms with Crippen molar-refractivity contribution in [2.45, 2.75) is 18.9 Å². The number of hydrogen-bond donors (Lipinski definition) is 1. The normalized spacial score (nSPS) is 17.7. The number of rotatable bonds is 2. The van der Waals surface area contributed by atoms with Crippen LogP contribution in [0.4, 0.5) is 10.7 Å². The van der Waals surface area contributed by atoms with Crippen LogP contribution in [0, 0.1) is 0 Å². The molecule has 2 aliphatic rings. The van der Waals surface area contributed by atoms with E-state index in [1.807, 2.05) is 11.0 Å². The summed E-state index contributed by atoms with van der Waals surface area (Å²) in [7, 11) is 0. The quantitative estimate of drug-likeness (QED) is 0.909. The lowest BCUT2D eigenvalue weighted by Gasteiger charge is -2.35. The Morgan fingerprint density at radius 3 is 2.21 bits per heavy atom. The molecule has 2 heterocycles. The van der Waals surface area contributed by atoms with E-state index in [9.17, 15) is 4.79 Å². The Bertz CT molecular complexity index is 687. The zero-order valence-corrected chi connectivity index (χ0v) is 13.6. The van der Waals surface area contributed by atoms with Gasteiger partial charge in [0.1, 0.15) is 0 Å². The van der Waals surface area contributed by atoms with E-state index in [1.54, 1.807) is 12.4 Å². The topological polar surface area (TPSA) is 61.4 Å². The summed E-state index contributed by atoms with van der Waals surface area (Å²) in [5.41, 5.74) is 2.71. The molecule has 0 radical (unpaired) electrons. The highest BCUT2D eigenvalue weighted by atomic mass is 16.2. The molecule has 4 rings (SSSR count). The Morgan fingerprint density at radius 2 is 1.58 bits per heavy atom. The molecule has 0 bridgehead atoms. The number of piperazine rings is 1. The van der Waals surface area contributed by atoms with Gasteiger partial charge in [0, 0.05) is 44.6 Å². The molecule has 0 saturated carbocycles. The number of nitrogens with one attached hydrogen (secondary N) is 1. The molecule has 2 aromatic rings. The molecule has 1 aliphatic heterocycles. The first-order valence-corrected chi connectivity index (χ1v) is 8.44. The van der Waals surface area contributed by atoms with Gasteiger partial charge in [-0.3, -0.25) is 0 Å². The number of anilines is 1. The van der Waals surface area contributed by atoms with E-state index in [0.717, 1.165) is 31.9 Å². The summed E-state index contributed by atoms with van der Waals surface area (Å²) in [5, 5.41) is 3.19. The Hall–Kier alpha value is -2.63. The smallest absolute Gasteiger partial charge is 0.317 e. The van der Waals surface area contributed by atoms with Crippen LogP contribution < -0.4 is 10.2 Å². The van der Waals surface area contributed by atoms with Crippen LogP contribution in [0.25, 0.3) is 0 Å². The lowest BCUT2D eigenvalue weighted by molar-refractivity contribution is 0.190. The molecule has 1 N–H and O–H groups in total. The summed E-state index contributed by atoms with van der Waals surface area (Å²) in [6, 6.07) is 10.5. The Kier molecular flexibility index (Phi) is 4.02. The van der Waals surface area contributed by atoms with Gasteiger partial charge < -0.3 is 15.1 Å². The summed E-state index contributed by atoms with van der Waals surface area (Å²) in [6.45, 7) is 2.93. The minimum Gasteiger partial charge on any atom is -0.337 e. The van der Waals surface area contributed by atoms with Crippen molar-refractivity contribution in [3.63, 3.8) is 0 Å². The van der Waals surface area contributed by atoms with Crippen molar-refractivity contribution in [3.8, 4) is 0 Å². The highest BCUT2D eigenvalue weighted by molar-refractivity contribution is 5.75. The maximum Gasteiger partial charge on any atom is 0.317 e. The van der Waals surface area contributed by atoms with Gasteiger partial charge in [0.15, 0.2) is 0 Å². The number of carbonyl (C=O) groups excluding carboxylic acids is 1. The number of urea groups is 1. The van der Waals surface area contributed by atoms with E-state index in [-0.39, 0.29) is 12.1 Å². The van der Waals surface area contributed by atoms with Gasteiger partial charge in [-0.15, -0.1) is 0 Å². The van der Waals surface area contributed by atoms with E-state index in [2.05, 4.69) is 44.5 Å². The Morgan fingerprint density at radius 1 is 0.958 bits per heavy atom. The van der Waals surface area contributed by atoms with Gasteiger partial charge in [-0.05, 0) is 30.0 Å². The summed E-state index contributed by atoms with van der Waals surface area (Å²) < 4.78 is 0. The summed E-state index contributed by atoms with van der Waals surface area (Å²) in [5.74, 6) is 0.740. The van der Waals surface area contributed by atoms with Crippen LogP contribution in [0.5, 0.6) is 0 Å². The minimum absolute atomic E-state index is 0.0430. The highest BCUT2D eigenvalue weighted by Crippen LogP contribution is 2.22. The molecule has 6 nitrogen and oxygen atoms in total. The molecule has 0 spiro atoms. The highest BCUT2D eigenvalue weighted by Gasteiger charge is 2.27. The van der Waals surface area contributed by atoms with Crippen LogP contribution in [0.2, 0.25) is 0 Å². The molecule has 124 valence electrons. The predicted molar refractivity (Wildman–Crippen MR) is 92.0 cm³/mol. The van der Waals surface area contributed by atoms with Gasteiger partial charge in [0.2, 0.25) is 5.95 Å². The van der Waals surface area contributed by atoms with E-state index in [4.69, 9.17) is 0 Å². The van der Waals surface area contributed by atoms with Crippen LogP contribution in [-0.4, -0.2) is 53.1 Å². The first-order chi connectivity index (χ1) is 11.8. The third kappa shape index (κ3) is 3.04. The van der Waals surface area contributed by atoms with Gasteiger partial charge in [-0.2, -0.15) is 0 Å². The van der Waals surface area contributed by atoms with Gasteiger partial charge in [-0.1, -0.05) is 24.3 Å². The number of fused-ring (bicyclic) bond motifs is 1. The maximum absolute atomic E-state index is 12.5. The molecule has 1 saturated heterocycles. The van der Waals surface area contributed by atoms with Crippen LogP contribution in [0.3, 0.4) is 0 Å². The number of nitrogens with zero attached hydrogens (tertiary/aromatic N) is 4. The van der Waals surface area contributed by atoms with Crippen molar-refractivity contribution >= 4 is 12.0 Å². The third-order valence-electron chi connectivity index (χ3n) is 4.78. The van der Waals surface area contributed by atoms with Crippen molar-refractivity contribution in [2.24, 2.45) is 0 Å². The zero-order valence-electron chi connectivity index (χ0n) is 13.6. The molecule has 0 unspecified atom stereocenters. The maximum atomic E-state index is 12.5. The van der Waals surface area contributed by atoms with E-state index in [0.29, 0.717) is 13.1 Å². The Labute approximate surface area is 141 Å². The van der Waals surface area contributed by atoms with Gasteiger partial charge in [0.25, 0.3) is 0 Å². The Balaban J connectivity index is 1.30. The number of aromatic nitrogens is 2. The summed E-state index contributed by atoms with van der Waals surface area (Å²) in [6.07, 6.45) is 5.36. The summed E-state index contributed by atoms with van der Waals surface area (Å²) >= 11 is 0. The lowest BCUT2D eigenvalue weighted by Crippen LogP contribution is -2.54. The number of hydrogen-bond acceptors (Lipinski definition) is 4. The second-order valence-electron chi connectivity index (χ2n) is 6.35. The van der Waals surface area contributed by atoms with E-state index in [1.165, 1.54) is 11.1 Å². The molecule has 1 fully saturated rings. The molecule has 24 heavy (non-hydrogen) atoms. The number of carbonyl (C=O) groups is 1.